The lowest BCUT2D eigenvalue weighted by atomic mass is 9.49. The van der Waals surface area contributed by atoms with Crippen LogP contribution in [0.25, 0.3) is 0 Å². The van der Waals surface area contributed by atoms with Gasteiger partial charge in [-0.25, -0.2) is 0 Å². The minimum absolute atomic E-state index is 0.0444. The quantitative estimate of drug-likeness (QED) is 0.733. The van der Waals surface area contributed by atoms with Crippen LogP contribution < -0.4 is 0 Å². The van der Waals surface area contributed by atoms with Crippen molar-refractivity contribution in [3.63, 3.8) is 0 Å². The number of nitrogens with zero attached hydrogens (tertiary/aromatic N) is 3. The van der Waals surface area contributed by atoms with Crippen LogP contribution in [0.1, 0.15) is 44.9 Å². The molecular weight excluding hydrogens is 354 g/mol. The van der Waals surface area contributed by atoms with E-state index in [-0.39, 0.29) is 11.3 Å². The molecule has 2 aliphatic heterocycles. The molecule has 0 N–H and O–H groups in total. The Morgan fingerprint density at radius 3 is 1.89 bits per heavy atom. The van der Waals surface area contributed by atoms with Crippen molar-refractivity contribution in [2.24, 2.45) is 23.2 Å². The van der Waals surface area contributed by atoms with E-state index in [1.807, 2.05) is 4.90 Å². The van der Waals surface area contributed by atoms with Crippen LogP contribution in [0.15, 0.2) is 0 Å². The maximum absolute atomic E-state index is 13.5. The fourth-order valence-corrected chi connectivity index (χ4v) is 7.10. The van der Waals surface area contributed by atoms with Crippen LogP contribution in [0.5, 0.6) is 0 Å². The molecule has 4 aliphatic carbocycles. The molecule has 0 unspecified atom stereocenters. The molecule has 6 nitrogen and oxygen atoms in total. The predicted octanol–water partition coefficient (Wildman–Crippen LogP) is 1.60. The average Bonchev–Trinajstić information content (AvgIpc) is 2.71. The number of hydrogen-bond donors (Lipinski definition) is 0. The first-order chi connectivity index (χ1) is 13.6. The molecule has 0 aromatic rings. The lowest BCUT2D eigenvalue weighted by molar-refractivity contribution is -0.160. The third-order valence-corrected chi connectivity index (χ3v) is 8.16. The zero-order valence-corrected chi connectivity index (χ0v) is 17.1. The van der Waals surface area contributed by atoms with Gasteiger partial charge in [0.05, 0.1) is 18.6 Å². The number of morpholine rings is 1. The van der Waals surface area contributed by atoms with Crippen molar-refractivity contribution in [3.05, 3.63) is 0 Å². The molecular formula is C22H35N3O3. The van der Waals surface area contributed by atoms with Crippen LogP contribution in [0.2, 0.25) is 0 Å². The summed E-state index contributed by atoms with van der Waals surface area (Å²) in [6.45, 7) is 7.11. The van der Waals surface area contributed by atoms with Gasteiger partial charge in [-0.15, -0.1) is 0 Å². The SMILES string of the molecule is O=C(CCN1CCOCC1)N1CCN(C(=O)C23CC4CC(CC(C4)C2)C3)CC1. The Balaban J connectivity index is 1.12. The molecule has 2 heterocycles. The molecule has 6 aliphatic rings. The molecule has 0 aromatic heterocycles. The second kappa shape index (κ2) is 7.60. The number of rotatable bonds is 4. The number of amides is 2. The van der Waals surface area contributed by atoms with Gasteiger partial charge in [-0.3, -0.25) is 14.5 Å². The van der Waals surface area contributed by atoms with Crippen molar-refractivity contribution in [3.8, 4) is 0 Å². The van der Waals surface area contributed by atoms with Crippen molar-refractivity contribution in [1.82, 2.24) is 14.7 Å². The van der Waals surface area contributed by atoms with Crippen molar-refractivity contribution in [2.75, 3.05) is 59.0 Å². The van der Waals surface area contributed by atoms with E-state index in [0.29, 0.717) is 25.4 Å². The first-order valence-electron chi connectivity index (χ1n) is 11.5. The molecule has 2 saturated heterocycles. The number of carbonyl (C=O) groups excluding carboxylic acids is 2. The second-order valence-electron chi connectivity index (χ2n) is 10.1. The highest BCUT2D eigenvalue weighted by Crippen LogP contribution is 2.60. The van der Waals surface area contributed by atoms with E-state index in [4.69, 9.17) is 4.74 Å². The Bertz CT molecular complexity index is 573. The molecule has 6 rings (SSSR count). The van der Waals surface area contributed by atoms with E-state index in [2.05, 4.69) is 9.80 Å². The number of carbonyl (C=O) groups is 2. The van der Waals surface area contributed by atoms with E-state index in [1.165, 1.54) is 19.3 Å². The molecule has 0 atom stereocenters. The average molecular weight is 390 g/mol. The van der Waals surface area contributed by atoms with Gasteiger partial charge in [0.1, 0.15) is 0 Å². The summed E-state index contributed by atoms with van der Waals surface area (Å²) in [6, 6.07) is 0. The van der Waals surface area contributed by atoms with Crippen molar-refractivity contribution >= 4 is 11.8 Å². The van der Waals surface area contributed by atoms with Gasteiger partial charge in [-0.1, -0.05) is 0 Å². The standard InChI is InChI=1S/C22H35N3O3/c26-20(1-2-23-7-9-28-10-8-23)24-3-5-25(6-4-24)21(27)22-14-17-11-18(15-22)13-19(12-17)16-22/h17-19H,1-16H2. The number of hydrogen-bond acceptors (Lipinski definition) is 4. The zero-order chi connectivity index (χ0) is 19.1. The van der Waals surface area contributed by atoms with Gasteiger partial charge < -0.3 is 14.5 Å². The molecule has 4 bridgehead atoms. The highest BCUT2D eigenvalue weighted by atomic mass is 16.5. The van der Waals surface area contributed by atoms with Crippen LogP contribution >= 0.6 is 0 Å². The summed E-state index contributed by atoms with van der Waals surface area (Å²) in [4.78, 5) is 32.5. The summed E-state index contributed by atoms with van der Waals surface area (Å²) >= 11 is 0. The molecule has 0 radical (unpaired) electrons. The van der Waals surface area contributed by atoms with Gasteiger partial charge in [0.15, 0.2) is 0 Å². The highest BCUT2D eigenvalue weighted by Gasteiger charge is 2.55. The third kappa shape index (κ3) is 3.58. The smallest absolute Gasteiger partial charge is 0.228 e. The van der Waals surface area contributed by atoms with Crippen LogP contribution in [0.3, 0.4) is 0 Å². The van der Waals surface area contributed by atoms with Crippen molar-refractivity contribution in [1.29, 1.82) is 0 Å². The first kappa shape index (κ1) is 18.9. The summed E-state index contributed by atoms with van der Waals surface area (Å²) in [5.74, 6) is 3.08. The maximum atomic E-state index is 13.5. The minimum atomic E-state index is -0.0444. The first-order valence-corrected chi connectivity index (χ1v) is 11.5. The maximum Gasteiger partial charge on any atom is 0.228 e. The van der Waals surface area contributed by atoms with Crippen molar-refractivity contribution in [2.45, 2.75) is 44.9 Å². The van der Waals surface area contributed by atoms with E-state index in [9.17, 15) is 9.59 Å². The predicted molar refractivity (Wildman–Crippen MR) is 106 cm³/mol. The Labute approximate surface area is 168 Å². The molecule has 156 valence electrons. The lowest BCUT2D eigenvalue weighted by Gasteiger charge is -2.57. The second-order valence-corrected chi connectivity index (χ2v) is 10.1. The topological polar surface area (TPSA) is 53.1 Å². The lowest BCUT2D eigenvalue weighted by Crippen LogP contribution is -2.58. The number of piperazine rings is 1. The van der Waals surface area contributed by atoms with Crippen LogP contribution in [-0.4, -0.2) is 85.5 Å². The van der Waals surface area contributed by atoms with Gasteiger partial charge >= 0.3 is 0 Å². The molecule has 6 heteroatoms. The molecule has 0 spiro atoms. The van der Waals surface area contributed by atoms with Gasteiger partial charge in [0, 0.05) is 52.2 Å². The summed E-state index contributed by atoms with van der Waals surface area (Å²) in [5.41, 5.74) is -0.0444. The zero-order valence-electron chi connectivity index (χ0n) is 17.1. The summed E-state index contributed by atoms with van der Waals surface area (Å²) in [5, 5.41) is 0. The Kier molecular flexibility index (Phi) is 5.12. The highest BCUT2D eigenvalue weighted by molar-refractivity contribution is 5.84. The van der Waals surface area contributed by atoms with Crippen LogP contribution in [0, 0.1) is 23.2 Å². The third-order valence-electron chi connectivity index (χ3n) is 8.16. The van der Waals surface area contributed by atoms with E-state index in [1.54, 1.807) is 0 Å². The summed E-state index contributed by atoms with van der Waals surface area (Å²) in [6.07, 6.45) is 8.11. The molecule has 28 heavy (non-hydrogen) atoms. The Hall–Kier alpha value is -1.14. The van der Waals surface area contributed by atoms with Crippen LogP contribution in [0.4, 0.5) is 0 Å². The molecule has 4 saturated carbocycles. The largest absolute Gasteiger partial charge is 0.379 e. The van der Waals surface area contributed by atoms with Crippen LogP contribution in [-0.2, 0) is 14.3 Å². The minimum Gasteiger partial charge on any atom is -0.379 e. The molecule has 2 amide bonds. The van der Waals surface area contributed by atoms with Gasteiger partial charge in [-0.05, 0) is 56.3 Å². The van der Waals surface area contributed by atoms with E-state index >= 15 is 0 Å². The fourth-order valence-electron chi connectivity index (χ4n) is 7.10. The molecule has 6 fully saturated rings. The Morgan fingerprint density at radius 1 is 0.786 bits per heavy atom. The van der Waals surface area contributed by atoms with E-state index < -0.39 is 0 Å². The van der Waals surface area contributed by atoms with Gasteiger partial charge in [-0.2, -0.15) is 0 Å². The van der Waals surface area contributed by atoms with Gasteiger partial charge in [0.25, 0.3) is 0 Å². The summed E-state index contributed by atoms with van der Waals surface area (Å²) < 4.78 is 5.37. The fraction of sp³-hybridized carbons (Fsp3) is 0.909. The number of ether oxygens (including phenoxy) is 1. The van der Waals surface area contributed by atoms with Crippen molar-refractivity contribution < 1.29 is 14.3 Å². The Morgan fingerprint density at radius 2 is 1.32 bits per heavy atom. The normalized spacial score (nSPS) is 38.1. The monoisotopic (exact) mass is 389 g/mol. The van der Waals surface area contributed by atoms with E-state index in [0.717, 1.165) is 83.0 Å². The molecule has 0 aromatic carbocycles. The summed E-state index contributed by atoms with van der Waals surface area (Å²) in [7, 11) is 0. The van der Waals surface area contributed by atoms with Gasteiger partial charge in [0.2, 0.25) is 11.8 Å².